The van der Waals surface area contributed by atoms with Crippen LogP contribution in [0.3, 0.4) is 0 Å². The molecule has 0 atom stereocenters. The molecule has 2 aromatic carbocycles. The van der Waals surface area contributed by atoms with Gasteiger partial charge in [0.2, 0.25) is 0 Å². The largest absolute Gasteiger partial charge is 0.419 e. The average molecular weight is 291 g/mol. The van der Waals surface area contributed by atoms with Crippen LogP contribution in [-0.4, -0.2) is 12.0 Å². The number of halogens is 1. The first-order valence-corrected chi connectivity index (χ1v) is 6.08. The molecule has 2 amide bonds. The van der Waals surface area contributed by atoms with E-state index >= 15 is 0 Å². The molecule has 0 heterocycles. The third-order valence-electron chi connectivity index (χ3n) is 2.38. The average Bonchev–Trinajstić information content (AvgIpc) is 2.41. The van der Waals surface area contributed by atoms with Gasteiger partial charge in [0.05, 0.1) is 5.56 Å². The molecule has 0 radical (unpaired) electrons. The highest BCUT2D eigenvalue weighted by atomic mass is 32.1. The number of carbonyl (C=O) groups excluding carboxylic acids is 2. The SMILES string of the molecule is O=C(NC(=O)c1ccccc1F)Oc1ccc(S)cc1. The van der Waals surface area contributed by atoms with Crippen molar-refractivity contribution in [2.75, 3.05) is 0 Å². The highest BCUT2D eigenvalue weighted by Crippen LogP contribution is 2.14. The van der Waals surface area contributed by atoms with Gasteiger partial charge in [-0.25, -0.2) is 9.18 Å². The molecule has 20 heavy (non-hydrogen) atoms. The van der Waals surface area contributed by atoms with Crippen molar-refractivity contribution >= 4 is 24.6 Å². The normalized spacial score (nSPS) is 9.90. The number of ether oxygens (including phenoxy) is 1. The molecule has 6 heteroatoms. The number of hydrogen-bond donors (Lipinski definition) is 2. The van der Waals surface area contributed by atoms with Gasteiger partial charge < -0.3 is 4.74 Å². The van der Waals surface area contributed by atoms with E-state index in [9.17, 15) is 14.0 Å². The lowest BCUT2D eigenvalue weighted by Gasteiger charge is -2.06. The fourth-order valence-electron chi connectivity index (χ4n) is 1.45. The maximum atomic E-state index is 13.3. The van der Waals surface area contributed by atoms with Crippen LogP contribution in [0, 0.1) is 5.82 Å². The predicted molar refractivity (Wildman–Crippen MR) is 73.6 cm³/mol. The van der Waals surface area contributed by atoms with Crippen molar-refractivity contribution in [1.29, 1.82) is 0 Å². The Labute approximate surface area is 120 Å². The first-order valence-electron chi connectivity index (χ1n) is 5.63. The summed E-state index contributed by atoms with van der Waals surface area (Å²) in [6.45, 7) is 0. The molecule has 0 aliphatic heterocycles. The Bertz CT molecular complexity index is 643. The van der Waals surface area contributed by atoms with E-state index in [1.165, 1.54) is 30.3 Å². The third kappa shape index (κ3) is 3.58. The van der Waals surface area contributed by atoms with Gasteiger partial charge >= 0.3 is 6.09 Å². The zero-order valence-electron chi connectivity index (χ0n) is 10.2. The molecule has 0 bridgehead atoms. The summed E-state index contributed by atoms with van der Waals surface area (Å²) >= 11 is 4.08. The van der Waals surface area contributed by atoms with Gasteiger partial charge in [-0.3, -0.25) is 10.1 Å². The second-order valence-corrected chi connectivity index (χ2v) is 4.33. The zero-order valence-corrected chi connectivity index (χ0v) is 11.1. The lowest BCUT2D eigenvalue weighted by atomic mass is 10.2. The summed E-state index contributed by atoms with van der Waals surface area (Å²) < 4.78 is 18.2. The Hall–Kier alpha value is -2.34. The van der Waals surface area contributed by atoms with Crippen molar-refractivity contribution in [2.24, 2.45) is 0 Å². The first kappa shape index (κ1) is 14.1. The molecule has 0 aliphatic carbocycles. The van der Waals surface area contributed by atoms with Gasteiger partial charge in [0, 0.05) is 4.90 Å². The molecule has 0 aromatic heterocycles. The molecule has 0 fully saturated rings. The van der Waals surface area contributed by atoms with Gasteiger partial charge in [-0.05, 0) is 36.4 Å². The summed E-state index contributed by atoms with van der Waals surface area (Å²) in [7, 11) is 0. The Morgan fingerprint density at radius 1 is 1.05 bits per heavy atom. The van der Waals surface area contributed by atoms with Crippen LogP contribution in [0.25, 0.3) is 0 Å². The van der Waals surface area contributed by atoms with E-state index < -0.39 is 17.8 Å². The Balaban J connectivity index is 2.00. The van der Waals surface area contributed by atoms with Crippen LogP contribution in [0.2, 0.25) is 0 Å². The van der Waals surface area contributed by atoms with Crippen molar-refractivity contribution in [1.82, 2.24) is 5.32 Å². The maximum absolute atomic E-state index is 13.3. The summed E-state index contributed by atoms with van der Waals surface area (Å²) in [5.41, 5.74) is -0.227. The molecule has 2 aromatic rings. The maximum Gasteiger partial charge on any atom is 0.419 e. The first-order chi connectivity index (χ1) is 9.56. The minimum Gasteiger partial charge on any atom is -0.410 e. The second-order valence-electron chi connectivity index (χ2n) is 3.82. The highest BCUT2D eigenvalue weighted by Gasteiger charge is 2.15. The number of benzene rings is 2. The number of nitrogens with one attached hydrogen (secondary N) is 1. The quantitative estimate of drug-likeness (QED) is 0.836. The van der Waals surface area contributed by atoms with E-state index in [4.69, 9.17) is 4.74 Å². The summed E-state index contributed by atoms with van der Waals surface area (Å²) in [4.78, 5) is 23.9. The van der Waals surface area contributed by atoms with Crippen LogP contribution in [0.1, 0.15) is 10.4 Å². The summed E-state index contributed by atoms with van der Waals surface area (Å²) in [5, 5.41) is 1.94. The molecule has 2 rings (SSSR count). The number of imide groups is 1. The third-order valence-corrected chi connectivity index (χ3v) is 2.68. The van der Waals surface area contributed by atoms with E-state index in [2.05, 4.69) is 12.6 Å². The Morgan fingerprint density at radius 2 is 1.70 bits per heavy atom. The van der Waals surface area contributed by atoms with E-state index in [-0.39, 0.29) is 11.3 Å². The van der Waals surface area contributed by atoms with Crippen LogP contribution < -0.4 is 10.1 Å². The van der Waals surface area contributed by atoms with Gasteiger partial charge in [0.15, 0.2) is 0 Å². The van der Waals surface area contributed by atoms with Crippen LogP contribution in [0.4, 0.5) is 9.18 Å². The van der Waals surface area contributed by atoms with Crippen LogP contribution in [0.15, 0.2) is 53.4 Å². The van der Waals surface area contributed by atoms with Gasteiger partial charge in [0.25, 0.3) is 5.91 Å². The number of amides is 2. The lowest BCUT2D eigenvalue weighted by Crippen LogP contribution is -2.33. The lowest BCUT2D eigenvalue weighted by molar-refractivity contribution is 0.0947. The van der Waals surface area contributed by atoms with Gasteiger partial charge in [0.1, 0.15) is 11.6 Å². The molecule has 0 unspecified atom stereocenters. The Morgan fingerprint density at radius 3 is 2.35 bits per heavy atom. The Kier molecular flexibility index (Phi) is 4.37. The highest BCUT2D eigenvalue weighted by molar-refractivity contribution is 7.80. The van der Waals surface area contributed by atoms with Crippen molar-refractivity contribution in [3.63, 3.8) is 0 Å². The summed E-state index contributed by atoms with van der Waals surface area (Å²) in [6.07, 6.45) is -0.981. The van der Waals surface area contributed by atoms with E-state index in [0.29, 0.717) is 4.90 Å². The zero-order chi connectivity index (χ0) is 14.5. The molecule has 0 aliphatic rings. The minimum atomic E-state index is -0.981. The minimum absolute atomic E-state index is 0.227. The molecule has 1 N–H and O–H groups in total. The van der Waals surface area contributed by atoms with E-state index in [1.54, 1.807) is 12.1 Å². The molecule has 102 valence electrons. The standard InChI is InChI=1S/C14H10FNO3S/c15-12-4-2-1-3-11(12)13(17)16-14(18)19-9-5-7-10(20)8-6-9/h1-8,20H,(H,16,17,18). The smallest absolute Gasteiger partial charge is 0.410 e. The topological polar surface area (TPSA) is 55.4 Å². The predicted octanol–water partition coefficient (Wildman–Crippen LogP) is 3.04. The van der Waals surface area contributed by atoms with Crippen molar-refractivity contribution in [3.05, 3.63) is 59.9 Å². The van der Waals surface area contributed by atoms with E-state index in [1.807, 2.05) is 5.32 Å². The van der Waals surface area contributed by atoms with Crippen LogP contribution >= 0.6 is 12.6 Å². The van der Waals surface area contributed by atoms with Gasteiger partial charge in [-0.15, -0.1) is 12.6 Å². The van der Waals surface area contributed by atoms with Crippen molar-refractivity contribution < 1.29 is 18.7 Å². The fourth-order valence-corrected chi connectivity index (χ4v) is 1.60. The molecular weight excluding hydrogens is 281 g/mol. The van der Waals surface area contributed by atoms with Crippen LogP contribution in [0.5, 0.6) is 5.75 Å². The number of hydrogen-bond acceptors (Lipinski definition) is 4. The molecule has 0 saturated carbocycles. The fraction of sp³-hybridized carbons (Fsp3) is 0. The van der Waals surface area contributed by atoms with Gasteiger partial charge in [-0.2, -0.15) is 0 Å². The number of rotatable bonds is 2. The molecule has 0 spiro atoms. The summed E-state index contributed by atoms with van der Waals surface area (Å²) in [5.74, 6) is -1.32. The van der Waals surface area contributed by atoms with Crippen LogP contribution in [-0.2, 0) is 0 Å². The van der Waals surface area contributed by atoms with Crippen molar-refractivity contribution in [2.45, 2.75) is 4.90 Å². The van der Waals surface area contributed by atoms with Crippen molar-refractivity contribution in [3.8, 4) is 5.75 Å². The summed E-state index contributed by atoms with van der Waals surface area (Å²) in [6, 6.07) is 11.7. The van der Waals surface area contributed by atoms with Gasteiger partial charge in [-0.1, -0.05) is 12.1 Å². The second kappa shape index (κ2) is 6.21. The monoisotopic (exact) mass is 291 g/mol. The number of thiol groups is 1. The molecule has 0 saturated heterocycles. The van der Waals surface area contributed by atoms with E-state index in [0.717, 1.165) is 6.07 Å². The number of carbonyl (C=O) groups is 2. The molecular formula is C14H10FNO3S. The molecule has 4 nitrogen and oxygen atoms in total.